The Hall–Kier alpha value is -1.82. The Bertz CT molecular complexity index is 729. The van der Waals surface area contributed by atoms with Crippen LogP contribution >= 0.6 is 34.5 Å². The van der Waals surface area contributed by atoms with Crippen molar-refractivity contribution in [3.63, 3.8) is 0 Å². The topological polar surface area (TPSA) is 55.4 Å². The lowest BCUT2D eigenvalue weighted by molar-refractivity contribution is -0.137. The molecule has 0 saturated carbocycles. The van der Waals surface area contributed by atoms with Crippen LogP contribution in [0.3, 0.4) is 0 Å². The summed E-state index contributed by atoms with van der Waals surface area (Å²) in [6.07, 6.45) is 3.41. The van der Waals surface area contributed by atoms with Gasteiger partial charge in [-0.3, -0.25) is 4.79 Å². The molecule has 0 radical (unpaired) electrons. The Morgan fingerprint density at radius 3 is 2.79 bits per heavy atom. The molecule has 2 rings (SSSR count). The van der Waals surface area contributed by atoms with Crippen molar-refractivity contribution >= 4 is 52.5 Å². The number of thiophene rings is 1. The molecule has 0 fully saturated rings. The van der Waals surface area contributed by atoms with Gasteiger partial charge in [0.15, 0.2) is 0 Å². The minimum Gasteiger partial charge on any atom is -0.462 e. The van der Waals surface area contributed by atoms with E-state index < -0.39 is 5.97 Å². The molecule has 24 heavy (non-hydrogen) atoms. The zero-order valence-electron chi connectivity index (χ0n) is 12.6. The van der Waals surface area contributed by atoms with E-state index in [4.69, 9.17) is 27.9 Å². The number of hydrogen-bond donors (Lipinski definition) is 1. The summed E-state index contributed by atoms with van der Waals surface area (Å²) in [7, 11) is 0. The molecule has 1 amide bonds. The predicted molar refractivity (Wildman–Crippen MR) is 97.7 cm³/mol. The van der Waals surface area contributed by atoms with E-state index in [9.17, 15) is 9.59 Å². The van der Waals surface area contributed by atoms with Crippen LogP contribution in [-0.2, 0) is 9.53 Å². The van der Waals surface area contributed by atoms with Gasteiger partial charge in [0.05, 0.1) is 11.5 Å². The molecule has 0 aliphatic heterocycles. The molecule has 0 unspecified atom stereocenters. The van der Waals surface area contributed by atoms with Gasteiger partial charge in [0.2, 0.25) is 0 Å². The van der Waals surface area contributed by atoms with Crippen molar-refractivity contribution in [3.8, 4) is 0 Å². The minimum absolute atomic E-state index is 0.117. The molecule has 2 aromatic rings. The predicted octanol–water partition coefficient (Wildman–Crippen LogP) is 4.43. The number of esters is 1. The number of halogens is 2. The molecular weight excluding hydrogens is 369 g/mol. The summed E-state index contributed by atoms with van der Waals surface area (Å²) in [4.78, 5) is 24.0. The highest BCUT2D eigenvalue weighted by Crippen LogP contribution is 2.21. The SMILES string of the molecule is O=C(/C=C/c1ccc(Cl)cc1Cl)OCCCNC(=O)c1cccs1. The Morgan fingerprint density at radius 2 is 2.08 bits per heavy atom. The van der Waals surface area contributed by atoms with E-state index in [-0.39, 0.29) is 12.5 Å². The zero-order valence-corrected chi connectivity index (χ0v) is 15.0. The number of hydrogen-bond acceptors (Lipinski definition) is 4. The van der Waals surface area contributed by atoms with E-state index in [2.05, 4.69) is 5.32 Å². The van der Waals surface area contributed by atoms with Crippen molar-refractivity contribution < 1.29 is 14.3 Å². The largest absolute Gasteiger partial charge is 0.462 e. The van der Waals surface area contributed by atoms with E-state index in [0.29, 0.717) is 33.5 Å². The molecule has 1 aromatic heterocycles. The molecule has 1 aromatic carbocycles. The number of nitrogens with one attached hydrogen (secondary N) is 1. The molecule has 1 N–H and O–H groups in total. The first-order valence-electron chi connectivity index (χ1n) is 7.18. The average molecular weight is 384 g/mol. The Balaban J connectivity index is 1.66. The Labute approximate surface area is 154 Å². The van der Waals surface area contributed by atoms with E-state index in [1.165, 1.54) is 17.4 Å². The Morgan fingerprint density at radius 1 is 1.25 bits per heavy atom. The summed E-state index contributed by atoms with van der Waals surface area (Å²) in [6.45, 7) is 0.666. The van der Waals surface area contributed by atoms with Gasteiger partial charge in [-0.05, 0) is 41.6 Å². The van der Waals surface area contributed by atoms with Crippen LogP contribution in [0.5, 0.6) is 0 Å². The van der Waals surface area contributed by atoms with Crippen LogP contribution in [0.25, 0.3) is 6.08 Å². The quantitative estimate of drug-likeness (QED) is 0.437. The van der Waals surface area contributed by atoms with Crippen LogP contribution in [0.1, 0.15) is 21.7 Å². The van der Waals surface area contributed by atoms with Gasteiger partial charge < -0.3 is 10.1 Å². The third-order valence-electron chi connectivity index (χ3n) is 2.96. The fraction of sp³-hybridized carbons (Fsp3) is 0.176. The second-order valence-electron chi connectivity index (χ2n) is 4.75. The lowest BCUT2D eigenvalue weighted by Gasteiger charge is -2.04. The van der Waals surface area contributed by atoms with Crippen molar-refractivity contribution in [1.82, 2.24) is 5.32 Å². The van der Waals surface area contributed by atoms with E-state index in [1.807, 2.05) is 11.4 Å². The molecule has 0 aliphatic rings. The molecule has 1 heterocycles. The summed E-state index contributed by atoms with van der Waals surface area (Å²) >= 11 is 13.2. The summed E-state index contributed by atoms with van der Waals surface area (Å²) in [5, 5.41) is 5.60. The first kappa shape index (κ1) is 18.5. The lowest BCUT2D eigenvalue weighted by Crippen LogP contribution is -2.24. The highest BCUT2D eigenvalue weighted by molar-refractivity contribution is 7.12. The number of rotatable bonds is 7. The molecular formula is C17H15Cl2NO3S. The Kier molecular flexibility index (Phi) is 7.31. The third-order valence-corrected chi connectivity index (χ3v) is 4.39. The molecule has 0 bridgehead atoms. The van der Waals surface area contributed by atoms with Gasteiger partial charge >= 0.3 is 5.97 Å². The number of carbonyl (C=O) groups excluding carboxylic acids is 2. The normalized spacial score (nSPS) is 10.8. The van der Waals surface area contributed by atoms with Crippen LogP contribution in [-0.4, -0.2) is 25.0 Å². The standard InChI is InChI=1S/C17H15Cl2NO3S/c18-13-6-4-12(14(19)11-13)5-7-16(21)23-9-2-8-20-17(22)15-3-1-10-24-15/h1,3-7,10-11H,2,8-9H2,(H,20,22)/b7-5+. The maximum atomic E-state index is 11.7. The molecule has 0 saturated heterocycles. The van der Waals surface area contributed by atoms with Gasteiger partial charge in [-0.25, -0.2) is 4.79 Å². The number of amides is 1. The second-order valence-corrected chi connectivity index (χ2v) is 6.54. The zero-order chi connectivity index (χ0) is 17.4. The van der Waals surface area contributed by atoms with Crippen molar-refractivity contribution in [2.45, 2.75) is 6.42 Å². The van der Waals surface area contributed by atoms with Gasteiger partial charge in [-0.1, -0.05) is 35.3 Å². The first-order chi connectivity index (χ1) is 11.6. The molecule has 7 heteroatoms. The number of ether oxygens (including phenoxy) is 1. The summed E-state index contributed by atoms with van der Waals surface area (Å²) in [6, 6.07) is 8.58. The smallest absolute Gasteiger partial charge is 0.330 e. The summed E-state index contributed by atoms with van der Waals surface area (Å²) in [5.41, 5.74) is 0.682. The molecule has 0 aliphatic carbocycles. The van der Waals surface area contributed by atoms with Crippen molar-refractivity contribution in [1.29, 1.82) is 0 Å². The van der Waals surface area contributed by atoms with Crippen LogP contribution in [0.15, 0.2) is 41.8 Å². The van der Waals surface area contributed by atoms with Gasteiger partial charge in [-0.2, -0.15) is 0 Å². The van der Waals surface area contributed by atoms with E-state index in [1.54, 1.807) is 30.3 Å². The van der Waals surface area contributed by atoms with Gasteiger partial charge in [0.25, 0.3) is 5.91 Å². The highest BCUT2D eigenvalue weighted by Gasteiger charge is 2.05. The molecule has 0 spiro atoms. The van der Waals surface area contributed by atoms with Crippen LogP contribution in [0.4, 0.5) is 0 Å². The fourth-order valence-electron chi connectivity index (χ4n) is 1.78. The summed E-state index contributed by atoms with van der Waals surface area (Å²) < 4.78 is 5.06. The highest BCUT2D eigenvalue weighted by atomic mass is 35.5. The van der Waals surface area contributed by atoms with Gasteiger partial charge in [-0.15, -0.1) is 11.3 Å². The number of benzene rings is 1. The van der Waals surface area contributed by atoms with E-state index >= 15 is 0 Å². The van der Waals surface area contributed by atoms with E-state index in [0.717, 1.165) is 0 Å². The van der Waals surface area contributed by atoms with Gasteiger partial charge in [0, 0.05) is 22.7 Å². The third kappa shape index (κ3) is 6.00. The van der Waals surface area contributed by atoms with Crippen LogP contribution in [0, 0.1) is 0 Å². The summed E-state index contributed by atoms with van der Waals surface area (Å²) in [5.74, 6) is -0.584. The minimum atomic E-state index is -0.467. The lowest BCUT2D eigenvalue weighted by atomic mass is 10.2. The van der Waals surface area contributed by atoms with Crippen LogP contribution < -0.4 is 5.32 Å². The molecule has 126 valence electrons. The number of carbonyl (C=O) groups is 2. The average Bonchev–Trinajstić information content (AvgIpc) is 3.08. The van der Waals surface area contributed by atoms with Gasteiger partial charge in [0.1, 0.15) is 0 Å². The fourth-order valence-corrected chi connectivity index (χ4v) is 2.90. The monoisotopic (exact) mass is 383 g/mol. The van der Waals surface area contributed by atoms with Crippen LogP contribution in [0.2, 0.25) is 10.0 Å². The maximum Gasteiger partial charge on any atom is 0.330 e. The molecule has 0 atom stereocenters. The first-order valence-corrected chi connectivity index (χ1v) is 8.81. The molecule has 4 nitrogen and oxygen atoms in total. The second kappa shape index (κ2) is 9.47. The van der Waals surface area contributed by atoms with Crippen molar-refractivity contribution in [3.05, 3.63) is 62.3 Å². The maximum absolute atomic E-state index is 11.7. The van der Waals surface area contributed by atoms with Crippen molar-refractivity contribution in [2.75, 3.05) is 13.2 Å². The van der Waals surface area contributed by atoms with Crippen molar-refractivity contribution in [2.24, 2.45) is 0 Å².